The third-order valence-electron chi connectivity index (χ3n) is 9.64. The molecule has 2 aliphatic heterocycles. The summed E-state index contributed by atoms with van der Waals surface area (Å²) in [4.78, 5) is 44.1. The third kappa shape index (κ3) is 5.11. The number of halogens is 1. The van der Waals surface area contributed by atoms with Crippen molar-refractivity contribution in [3.05, 3.63) is 52.3 Å². The molecule has 8 heteroatoms. The van der Waals surface area contributed by atoms with E-state index in [0.717, 1.165) is 87.0 Å². The van der Waals surface area contributed by atoms with Gasteiger partial charge in [0.15, 0.2) is 0 Å². The van der Waals surface area contributed by atoms with E-state index < -0.39 is 5.41 Å². The standard InChI is InChI=1S/C31H36ClN3O4/c1-30(19-36)16-22(17-30)20-2-4-27-21(13-24(37)12-20)14-25(18-33-27)39-11-10-35-8-6-31(7-9-35)26-15-23(32)3-5-28(26)34-29(31)38/h3,5,14-15,18-20,22H,2,4,6-13,16-17H2,1H3,(H,34,38). The summed E-state index contributed by atoms with van der Waals surface area (Å²) >= 11 is 6.24. The SMILES string of the molecule is CC1(C=O)CC(C2CCc3ncc(OCCN4CCC5(CC4)C(=O)Nc4ccc(Cl)cc45)cc3CC(=O)C2)C1. The lowest BCUT2D eigenvalue weighted by Gasteiger charge is -2.45. The molecular formula is C31H36ClN3O4. The first-order valence-electron chi connectivity index (χ1n) is 14.2. The Kier molecular flexibility index (Phi) is 7.00. The predicted octanol–water partition coefficient (Wildman–Crippen LogP) is 4.78. The number of nitrogens with zero attached hydrogens (tertiary/aromatic N) is 2. The second-order valence-electron chi connectivity index (χ2n) is 12.4. The number of Topliss-reactive ketones (excluding diaryl/α,β-unsaturated/α-hetero) is 1. The van der Waals surface area contributed by atoms with Crippen molar-refractivity contribution in [2.24, 2.45) is 17.3 Å². The Morgan fingerprint density at radius 1 is 1.18 bits per heavy atom. The van der Waals surface area contributed by atoms with Crippen molar-refractivity contribution in [1.82, 2.24) is 9.88 Å². The van der Waals surface area contributed by atoms with Gasteiger partial charge in [-0.05, 0) is 98.8 Å². The molecule has 4 aliphatic rings. The minimum atomic E-state index is -0.491. The van der Waals surface area contributed by atoms with Gasteiger partial charge in [0.05, 0.1) is 11.6 Å². The number of carbonyl (C=O) groups excluding carboxylic acids is 3. The van der Waals surface area contributed by atoms with E-state index in [4.69, 9.17) is 16.3 Å². The van der Waals surface area contributed by atoms with Crippen LogP contribution >= 0.6 is 11.6 Å². The summed E-state index contributed by atoms with van der Waals surface area (Å²) in [5.74, 6) is 1.84. The number of ketones is 1. The lowest BCUT2D eigenvalue weighted by molar-refractivity contribution is -0.126. The van der Waals surface area contributed by atoms with Crippen LogP contribution in [0.1, 0.15) is 62.3 Å². The number of carbonyl (C=O) groups is 3. The number of ether oxygens (including phenoxy) is 1. The summed E-state index contributed by atoms with van der Waals surface area (Å²) in [6, 6.07) is 7.63. The second-order valence-corrected chi connectivity index (χ2v) is 12.8. The number of aromatic nitrogens is 1. The zero-order valence-electron chi connectivity index (χ0n) is 22.5. The molecule has 1 amide bonds. The van der Waals surface area contributed by atoms with E-state index in [-0.39, 0.29) is 17.1 Å². The largest absolute Gasteiger partial charge is 0.491 e. The van der Waals surface area contributed by atoms with Gasteiger partial charge in [0, 0.05) is 41.2 Å². The quantitative estimate of drug-likeness (QED) is 0.522. The Labute approximate surface area is 234 Å². The van der Waals surface area contributed by atoms with Crippen LogP contribution in [0.3, 0.4) is 0 Å². The van der Waals surface area contributed by atoms with Crippen molar-refractivity contribution in [3.63, 3.8) is 0 Å². The molecule has 7 nitrogen and oxygen atoms in total. The van der Waals surface area contributed by atoms with Gasteiger partial charge in [0.2, 0.25) is 5.91 Å². The average molecular weight is 550 g/mol. The van der Waals surface area contributed by atoms with Gasteiger partial charge in [-0.3, -0.25) is 19.5 Å². The fraction of sp³-hybridized carbons (Fsp3) is 0.548. The number of rotatable bonds is 6. The number of fused-ring (bicyclic) bond motifs is 3. The Bertz CT molecular complexity index is 1300. The van der Waals surface area contributed by atoms with Crippen molar-refractivity contribution < 1.29 is 19.1 Å². The third-order valence-corrected chi connectivity index (χ3v) is 9.87. The van der Waals surface area contributed by atoms with Crippen LogP contribution in [0, 0.1) is 17.3 Å². The lowest BCUT2D eigenvalue weighted by Crippen LogP contribution is -2.47. The molecular weight excluding hydrogens is 514 g/mol. The Morgan fingerprint density at radius 2 is 1.97 bits per heavy atom. The molecule has 1 saturated heterocycles. The fourth-order valence-electron chi connectivity index (χ4n) is 7.28. The van der Waals surface area contributed by atoms with Crippen molar-refractivity contribution in [2.45, 2.75) is 63.7 Å². The highest BCUT2D eigenvalue weighted by Gasteiger charge is 2.48. The molecule has 1 saturated carbocycles. The number of benzene rings is 1. The maximum atomic E-state index is 12.9. The van der Waals surface area contributed by atoms with Crippen LogP contribution in [0.25, 0.3) is 0 Å². The van der Waals surface area contributed by atoms with Crippen LogP contribution in [0.4, 0.5) is 5.69 Å². The number of anilines is 1. The molecule has 2 aromatic rings. The summed E-state index contributed by atoms with van der Waals surface area (Å²) in [6.45, 7) is 4.93. The molecule has 1 aromatic carbocycles. The van der Waals surface area contributed by atoms with Gasteiger partial charge in [-0.1, -0.05) is 18.5 Å². The normalized spacial score (nSPS) is 28.1. The molecule has 0 bridgehead atoms. The summed E-state index contributed by atoms with van der Waals surface area (Å²) < 4.78 is 6.07. The van der Waals surface area contributed by atoms with Crippen molar-refractivity contribution in [3.8, 4) is 5.75 Å². The molecule has 2 aliphatic carbocycles. The molecule has 3 heterocycles. The maximum Gasteiger partial charge on any atom is 0.235 e. The van der Waals surface area contributed by atoms with Crippen LogP contribution in [0.2, 0.25) is 5.02 Å². The molecule has 1 atom stereocenters. The van der Waals surface area contributed by atoms with Crippen LogP contribution in [0.5, 0.6) is 5.75 Å². The Balaban J connectivity index is 1.01. The van der Waals surface area contributed by atoms with E-state index in [2.05, 4.69) is 15.2 Å². The summed E-state index contributed by atoms with van der Waals surface area (Å²) in [7, 11) is 0. The van der Waals surface area contributed by atoms with E-state index in [9.17, 15) is 14.4 Å². The number of aryl methyl sites for hydroxylation is 1. The van der Waals surface area contributed by atoms with E-state index in [0.29, 0.717) is 42.1 Å². The van der Waals surface area contributed by atoms with E-state index >= 15 is 0 Å². The van der Waals surface area contributed by atoms with E-state index in [1.165, 1.54) is 0 Å². The van der Waals surface area contributed by atoms with E-state index in [1.807, 2.05) is 31.2 Å². The van der Waals surface area contributed by atoms with Crippen molar-refractivity contribution >= 4 is 35.3 Å². The van der Waals surface area contributed by atoms with Crippen LogP contribution in [0.15, 0.2) is 30.5 Å². The first kappa shape index (κ1) is 26.5. The lowest BCUT2D eigenvalue weighted by atomic mass is 9.58. The number of hydrogen-bond acceptors (Lipinski definition) is 6. The molecule has 0 radical (unpaired) electrons. The molecule has 2 fully saturated rings. The number of amides is 1. The van der Waals surface area contributed by atoms with Crippen LogP contribution in [-0.2, 0) is 32.6 Å². The number of hydrogen-bond donors (Lipinski definition) is 1. The number of nitrogens with one attached hydrogen (secondary N) is 1. The topological polar surface area (TPSA) is 88.6 Å². The molecule has 1 aromatic heterocycles. The first-order valence-corrected chi connectivity index (χ1v) is 14.6. The number of pyridine rings is 1. The highest BCUT2D eigenvalue weighted by atomic mass is 35.5. The number of piperidine rings is 1. The highest BCUT2D eigenvalue weighted by Crippen LogP contribution is 2.50. The number of aldehydes is 1. The molecule has 1 N–H and O–H groups in total. The van der Waals surface area contributed by atoms with Crippen molar-refractivity contribution in [2.75, 3.05) is 31.6 Å². The molecule has 206 valence electrons. The second kappa shape index (κ2) is 10.3. The number of likely N-dealkylation sites (tertiary alicyclic amines) is 1. The molecule has 1 spiro atoms. The van der Waals surface area contributed by atoms with Gasteiger partial charge in [-0.2, -0.15) is 0 Å². The van der Waals surface area contributed by atoms with Crippen LogP contribution < -0.4 is 10.1 Å². The monoisotopic (exact) mass is 549 g/mol. The summed E-state index contributed by atoms with van der Waals surface area (Å²) in [5.41, 5.74) is 3.19. The molecule has 6 rings (SSSR count). The van der Waals surface area contributed by atoms with Gasteiger partial charge in [0.1, 0.15) is 24.4 Å². The summed E-state index contributed by atoms with van der Waals surface area (Å²) in [5, 5.41) is 3.70. The van der Waals surface area contributed by atoms with Gasteiger partial charge < -0.3 is 14.8 Å². The Hall–Kier alpha value is -2.77. The average Bonchev–Trinajstić information content (AvgIpc) is 3.15. The predicted molar refractivity (Wildman–Crippen MR) is 149 cm³/mol. The zero-order chi connectivity index (χ0) is 27.2. The van der Waals surface area contributed by atoms with E-state index in [1.54, 1.807) is 6.20 Å². The molecule has 1 unspecified atom stereocenters. The van der Waals surface area contributed by atoms with Crippen LogP contribution in [-0.4, -0.2) is 54.1 Å². The van der Waals surface area contributed by atoms with Gasteiger partial charge in [0.25, 0.3) is 0 Å². The molecule has 39 heavy (non-hydrogen) atoms. The minimum absolute atomic E-state index is 0.0792. The first-order chi connectivity index (χ1) is 18.8. The fourth-order valence-corrected chi connectivity index (χ4v) is 7.45. The smallest absolute Gasteiger partial charge is 0.235 e. The van der Waals surface area contributed by atoms with Crippen molar-refractivity contribution in [1.29, 1.82) is 0 Å². The zero-order valence-corrected chi connectivity index (χ0v) is 23.3. The Morgan fingerprint density at radius 3 is 2.74 bits per heavy atom. The van der Waals surface area contributed by atoms with Gasteiger partial charge >= 0.3 is 0 Å². The van der Waals surface area contributed by atoms with Gasteiger partial charge in [-0.25, -0.2) is 0 Å². The summed E-state index contributed by atoms with van der Waals surface area (Å²) in [6.07, 6.45) is 8.96. The maximum absolute atomic E-state index is 12.9. The highest BCUT2D eigenvalue weighted by molar-refractivity contribution is 6.31. The van der Waals surface area contributed by atoms with Gasteiger partial charge in [-0.15, -0.1) is 0 Å². The minimum Gasteiger partial charge on any atom is -0.491 e.